The minimum absolute atomic E-state index is 0.221. The number of aromatic nitrogens is 3. The molecule has 0 spiro atoms. The van der Waals surface area contributed by atoms with E-state index in [0.717, 1.165) is 11.3 Å². The molecular weight excluding hydrogens is 273 g/mol. The molecule has 0 unspecified atom stereocenters. The van der Waals surface area contributed by atoms with Crippen LogP contribution in [-0.4, -0.2) is 14.5 Å². The Morgan fingerprint density at radius 1 is 1.35 bits per heavy atom. The Labute approximate surface area is 101 Å². The third kappa shape index (κ3) is 2.22. The lowest BCUT2D eigenvalue weighted by Crippen LogP contribution is -2.37. The first-order valence-corrected chi connectivity index (χ1v) is 5.59. The normalized spacial score (nSPS) is 10.7. The van der Waals surface area contributed by atoms with Crippen molar-refractivity contribution in [2.24, 2.45) is 0 Å². The molecule has 2 N–H and O–H groups in total. The molecule has 6 nitrogen and oxygen atoms in total. The fourth-order valence-electron chi connectivity index (χ4n) is 1.23. The maximum Gasteiger partial charge on any atom is 0.330 e. The molecule has 0 amide bonds. The van der Waals surface area contributed by atoms with Crippen LogP contribution in [0.25, 0.3) is 0 Å². The van der Waals surface area contributed by atoms with Crippen LogP contribution < -0.4 is 16.1 Å². The monoisotopic (exact) mass is 277 g/mol. The predicted octanol–water partition coefficient (Wildman–Crippen LogP) is 0.127. The molecule has 0 fully saturated rings. The summed E-state index contributed by atoms with van der Waals surface area (Å²) in [6, 6.07) is 0. The summed E-state index contributed by atoms with van der Waals surface area (Å²) < 4.78 is 13.8. The molecule has 2 aromatic rings. The van der Waals surface area contributed by atoms with E-state index in [4.69, 9.17) is 11.6 Å². The summed E-state index contributed by atoms with van der Waals surface area (Å²) in [5, 5.41) is 0.816. The van der Waals surface area contributed by atoms with Crippen LogP contribution in [0.4, 0.5) is 4.39 Å². The van der Waals surface area contributed by atoms with Gasteiger partial charge in [-0.3, -0.25) is 19.1 Å². The second kappa shape index (κ2) is 4.30. The molecule has 0 atom stereocenters. The van der Waals surface area contributed by atoms with Gasteiger partial charge in [0.2, 0.25) is 5.82 Å². The number of halogens is 2. The van der Waals surface area contributed by atoms with Gasteiger partial charge in [0.1, 0.15) is 0 Å². The topological polar surface area (TPSA) is 87.7 Å². The summed E-state index contributed by atoms with van der Waals surface area (Å²) in [6.07, 6.45) is 0. The van der Waals surface area contributed by atoms with Crippen LogP contribution in [0, 0.1) is 5.82 Å². The highest BCUT2D eigenvalue weighted by Crippen LogP contribution is 2.03. The molecule has 0 aromatic carbocycles. The van der Waals surface area contributed by atoms with Crippen molar-refractivity contribution in [1.82, 2.24) is 14.5 Å². The lowest BCUT2D eigenvalue weighted by molar-refractivity contribution is 0.556. The average Bonchev–Trinajstić information content (AvgIpc) is 2.67. The van der Waals surface area contributed by atoms with Crippen molar-refractivity contribution < 1.29 is 4.39 Å². The zero-order chi connectivity index (χ0) is 12.6. The van der Waals surface area contributed by atoms with Crippen LogP contribution in [0.1, 0.15) is 5.69 Å². The Balaban J connectivity index is 2.54. The van der Waals surface area contributed by atoms with E-state index >= 15 is 0 Å². The van der Waals surface area contributed by atoms with Gasteiger partial charge in [-0.2, -0.15) is 4.39 Å². The zero-order valence-electron chi connectivity index (χ0n) is 8.12. The van der Waals surface area contributed by atoms with Gasteiger partial charge in [-0.05, 0) is 0 Å². The summed E-state index contributed by atoms with van der Waals surface area (Å²) in [5.74, 6) is -1.23. The molecule has 2 heterocycles. The van der Waals surface area contributed by atoms with Crippen molar-refractivity contribution >= 4 is 22.9 Å². The van der Waals surface area contributed by atoms with E-state index in [0.29, 0.717) is 10.3 Å². The summed E-state index contributed by atoms with van der Waals surface area (Å²) in [6.45, 7) is -0.221. The molecule has 0 aliphatic rings. The average molecular weight is 278 g/mol. The van der Waals surface area contributed by atoms with Crippen molar-refractivity contribution in [3.05, 3.63) is 52.5 Å². The SMILES string of the molecule is O=c1[nH]c(Cn2c(=O)[nH]c(Cl)c(F)c2=O)cs1. The highest BCUT2D eigenvalue weighted by atomic mass is 35.5. The van der Waals surface area contributed by atoms with Crippen molar-refractivity contribution in [1.29, 1.82) is 0 Å². The molecule has 0 aliphatic carbocycles. The van der Waals surface area contributed by atoms with Gasteiger partial charge < -0.3 is 4.98 Å². The molecule has 9 heteroatoms. The van der Waals surface area contributed by atoms with Gasteiger partial charge in [0.25, 0.3) is 5.56 Å². The first kappa shape index (κ1) is 11.8. The van der Waals surface area contributed by atoms with Crippen molar-refractivity contribution in [2.75, 3.05) is 0 Å². The smallest absolute Gasteiger partial charge is 0.315 e. The minimum atomic E-state index is -1.23. The lowest BCUT2D eigenvalue weighted by atomic mass is 10.4. The fraction of sp³-hybridized carbons (Fsp3) is 0.125. The number of H-pyrrole nitrogens is 2. The molecule has 0 saturated heterocycles. The largest absolute Gasteiger partial charge is 0.330 e. The van der Waals surface area contributed by atoms with Crippen molar-refractivity contribution in [3.63, 3.8) is 0 Å². The molecule has 0 saturated carbocycles. The first-order valence-electron chi connectivity index (χ1n) is 4.34. The molecule has 2 rings (SSSR count). The Hall–Kier alpha value is -1.67. The lowest BCUT2D eigenvalue weighted by Gasteiger charge is -2.02. The number of thiazole rings is 1. The van der Waals surface area contributed by atoms with E-state index < -0.39 is 22.2 Å². The van der Waals surface area contributed by atoms with E-state index in [1.54, 1.807) is 0 Å². The molecular formula is C8H5ClFN3O3S. The van der Waals surface area contributed by atoms with Gasteiger partial charge in [-0.25, -0.2) is 4.79 Å². The summed E-state index contributed by atoms with van der Waals surface area (Å²) >= 11 is 6.18. The molecule has 2 aromatic heterocycles. The summed E-state index contributed by atoms with van der Waals surface area (Å²) in [7, 11) is 0. The minimum Gasteiger partial charge on any atom is -0.315 e. The highest BCUT2D eigenvalue weighted by Gasteiger charge is 2.12. The molecule has 0 aliphatic heterocycles. The molecule has 90 valence electrons. The van der Waals surface area contributed by atoms with Crippen molar-refractivity contribution in [2.45, 2.75) is 6.54 Å². The Morgan fingerprint density at radius 3 is 2.65 bits per heavy atom. The van der Waals surface area contributed by atoms with E-state index in [-0.39, 0.29) is 11.4 Å². The number of nitrogens with zero attached hydrogens (tertiary/aromatic N) is 1. The number of rotatable bonds is 2. The summed E-state index contributed by atoms with van der Waals surface area (Å²) in [5.41, 5.74) is -1.63. The Morgan fingerprint density at radius 2 is 2.06 bits per heavy atom. The van der Waals surface area contributed by atoms with E-state index in [2.05, 4.69) is 4.98 Å². The van der Waals surface area contributed by atoms with Crippen LogP contribution in [0.2, 0.25) is 5.15 Å². The first-order chi connectivity index (χ1) is 7.99. The zero-order valence-corrected chi connectivity index (χ0v) is 9.69. The standard InChI is InChI=1S/C8H5ClFN3O3S/c9-5-4(10)6(14)13(7(15)12-5)1-3-2-17-8(16)11-3/h2H,1H2,(H,11,16)(H,12,15). The van der Waals surface area contributed by atoms with Crippen LogP contribution in [0.5, 0.6) is 0 Å². The van der Waals surface area contributed by atoms with Gasteiger partial charge in [0.15, 0.2) is 5.15 Å². The van der Waals surface area contributed by atoms with E-state index in [1.807, 2.05) is 4.98 Å². The second-order valence-corrected chi connectivity index (χ2v) is 4.34. The molecule has 0 radical (unpaired) electrons. The van der Waals surface area contributed by atoms with Crippen LogP contribution in [0.15, 0.2) is 19.8 Å². The maximum absolute atomic E-state index is 13.2. The number of nitrogens with one attached hydrogen (secondary N) is 2. The Bertz CT molecular complexity index is 729. The quantitative estimate of drug-likeness (QED) is 0.765. The third-order valence-electron chi connectivity index (χ3n) is 1.99. The van der Waals surface area contributed by atoms with Gasteiger partial charge in [-0.15, -0.1) is 0 Å². The number of hydrogen-bond donors (Lipinski definition) is 2. The van der Waals surface area contributed by atoms with Gasteiger partial charge >= 0.3 is 10.6 Å². The number of aromatic amines is 2. The maximum atomic E-state index is 13.2. The van der Waals surface area contributed by atoms with Crippen LogP contribution in [0.3, 0.4) is 0 Å². The van der Waals surface area contributed by atoms with Crippen molar-refractivity contribution in [3.8, 4) is 0 Å². The predicted molar refractivity (Wildman–Crippen MR) is 60.3 cm³/mol. The van der Waals surface area contributed by atoms with Crippen LogP contribution in [-0.2, 0) is 6.54 Å². The Kier molecular flexibility index (Phi) is 2.99. The molecule has 17 heavy (non-hydrogen) atoms. The van der Waals surface area contributed by atoms with Crippen LogP contribution >= 0.6 is 22.9 Å². The second-order valence-electron chi connectivity index (χ2n) is 3.12. The van der Waals surface area contributed by atoms with E-state index in [1.165, 1.54) is 5.38 Å². The van der Waals surface area contributed by atoms with Gasteiger partial charge in [0, 0.05) is 11.1 Å². The summed E-state index contributed by atoms with van der Waals surface area (Å²) in [4.78, 5) is 37.7. The third-order valence-corrected chi connectivity index (χ3v) is 2.97. The van der Waals surface area contributed by atoms with Gasteiger partial charge in [-0.1, -0.05) is 22.9 Å². The fourth-order valence-corrected chi connectivity index (χ4v) is 1.96. The molecule has 0 bridgehead atoms. The van der Waals surface area contributed by atoms with Gasteiger partial charge in [0.05, 0.1) is 6.54 Å². The number of hydrogen-bond acceptors (Lipinski definition) is 4. The highest BCUT2D eigenvalue weighted by molar-refractivity contribution is 7.07. The van der Waals surface area contributed by atoms with E-state index in [9.17, 15) is 18.8 Å².